The van der Waals surface area contributed by atoms with Gasteiger partial charge in [-0.1, -0.05) is 351 Å². The van der Waals surface area contributed by atoms with Gasteiger partial charge in [-0.25, -0.2) is 0 Å². The number of hydrogen-bond donors (Lipinski definition) is 0. The maximum Gasteiger partial charge on any atom is 0.281 e. The molecule has 0 fully saturated rings. The number of unbranched alkanes of at least 4 members (excludes halogenated alkanes) is 47. The normalized spacial score (nSPS) is 13.5. The first-order valence-electron chi connectivity index (χ1n) is 34.1. The van der Waals surface area contributed by atoms with Crippen LogP contribution in [0.25, 0.3) is 0 Å². The minimum absolute atomic E-state index is 0.374. The SMILES string of the molecule is CC(CCC(COCCOCCCCCCCCCCCCCCCCCCCCCCCCCCCCCCCCCCCCCCCCCCCCCCCCCC=[OH+])C(C)CC(C)(C)C)CC(C)(C)C. The summed E-state index contributed by atoms with van der Waals surface area (Å²) in [7, 11) is 0. The van der Waals surface area contributed by atoms with Crippen LogP contribution in [-0.2, 0) is 9.47 Å². The van der Waals surface area contributed by atoms with Crippen molar-refractivity contribution in [2.24, 2.45) is 28.6 Å². The Kier molecular flexibility index (Phi) is 56.0. The van der Waals surface area contributed by atoms with Gasteiger partial charge in [0, 0.05) is 13.2 Å². The maximum absolute atomic E-state index is 8.72. The Morgan fingerprint density at radius 3 is 0.808 bits per heavy atom. The zero-order chi connectivity index (χ0) is 53.5. The van der Waals surface area contributed by atoms with Crippen LogP contribution in [0.1, 0.15) is 389 Å². The predicted molar refractivity (Wildman–Crippen MR) is 330 cm³/mol. The van der Waals surface area contributed by atoms with Crippen molar-refractivity contribution in [1.29, 1.82) is 0 Å². The highest BCUT2D eigenvalue weighted by Crippen LogP contribution is 2.34. The molecule has 0 heterocycles. The van der Waals surface area contributed by atoms with E-state index in [1.54, 1.807) is 0 Å². The molecule has 0 radical (unpaired) electrons. The molecule has 0 rings (SSSR count). The first kappa shape index (κ1) is 72.6. The van der Waals surface area contributed by atoms with E-state index in [1.165, 1.54) is 327 Å². The van der Waals surface area contributed by atoms with Gasteiger partial charge in [0.15, 0.2) is 0 Å². The fourth-order valence-electron chi connectivity index (χ4n) is 12.2. The first-order valence-corrected chi connectivity index (χ1v) is 34.1. The van der Waals surface area contributed by atoms with Crippen molar-refractivity contribution in [3.05, 3.63) is 0 Å². The van der Waals surface area contributed by atoms with Crippen LogP contribution in [-0.4, -0.2) is 37.5 Å². The molecule has 3 unspecified atom stereocenters. The third-order valence-electron chi connectivity index (χ3n) is 16.6. The van der Waals surface area contributed by atoms with Gasteiger partial charge in [0.1, 0.15) is 0 Å². The third kappa shape index (κ3) is 62.3. The summed E-state index contributed by atoms with van der Waals surface area (Å²) in [6.07, 6.45) is 75.2. The molecule has 438 valence electrons. The molecule has 0 aromatic heterocycles. The van der Waals surface area contributed by atoms with Crippen LogP contribution in [0.15, 0.2) is 0 Å². The van der Waals surface area contributed by atoms with E-state index in [-0.39, 0.29) is 0 Å². The largest absolute Gasteiger partial charge is 0.379 e. The Balaban J connectivity index is 3.29. The van der Waals surface area contributed by atoms with Gasteiger partial charge in [0.05, 0.1) is 19.6 Å². The van der Waals surface area contributed by atoms with Crippen molar-refractivity contribution in [3.63, 3.8) is 0 Å². The summed E-state index contributed by atoms with van der Waals surface area (Å²) in [6, 6.07) is 0. The molecule has 1 N–H and O–H groups in total. The van der Waals surface area contributed by atoms with Crippen LogP contribution in [0.3, 0.4) is 0 Å². The van der Waals surface area contributed by atoms with Crippen LogP contribution in [0.4, 0.5) is 0 Å². The summed E-state index contributed by atoms with van der Waals surface area (Å²) in [5.41, 5.74) is 0.792. The van der Waals surface area contributed by atoms with E-state index < -0.39 is 0 Å². The molecule has 73 heavy (non-hydrogen) atoms. The average molecular weight is 1030 g/mol. The summed E-state index contributed by atoms with van der Waals surface area (Å²) < 4.78 is 12.2. The van der Waals surface area contributed by atoms with Crippen molar-refractivity contribution in [2.45, 2.75) is 389 Å². The van der Waals surface area contributed by atoms with Crippen LogP contribution < -0.4 is 0 Å². The Bertz CT molecular complexity index is 1040. The first-order chi connectivity index (χ1) is 35.4. The van der Waals surface area contributed by atoms with Gasteiger partial charge in [-0.05, 0) is 60.7 Å². The van der Waals surface area contributed by atoms with Gasteiger partial charge < -0.3 is 9.47 Å². The lowest BCUT2D eigenvalue weighted by Crippen LogP contribution is -2.24. The summed E-state index contributed by atoms with van der Waals surface area (Å²) in [4.78, 5) is 8.72. The lowest BCUT2D eigenvalue weighted by atomic mass is 9.76. The van der Waals surface area contributed by atoms with E-state index in [1.807, 2.05) is 0 Å². The van der Waals surface area contributed by atoms with Gasteiger partial charge in [0.2, 0.25) is 0 Å². The summed E-state index contributed by atoms with van der Waals surface area (Å²) in [5.74, 6) is 2.13. The van der Waals surface area contributed by atoms with E-state index in [0.29, 0.717) is 22.7 Å². The molecule has 3 nitrogen and oxygen atoms in total. The van der Waals surface area contributed by atoms with Crippen molar-refractivity contribution in [3.8, 4) is 0 Å². The Morgan fingerprint density at radius 1 is 0.301 bits per heavy atom. The van der Waals surface area contributed by atoms with E-state index in [0.717, 1.165) is 45.2 Å². The van der Waals surface area contributed by atoms with Gasteiger partial charge in [-0.15, -0.1) is 0 Å². The zero-order valence-electron chi connectivity index (χ0n) is 52.2. The molecule has 0 saturated heterocycles. The molecule has 0 bridgehead atoms. The molecule has 0 saturated carbocycles. The van der Waals surface area contributed by atoms with Gasteiger partial charge in [-0.3, -0.25) is 4.79 Å². The van der Waals surface area contributed by atoms with Crippen LogP contribution in [0, 0.1) is 28.6 Å². The highest BCUT2D eigenvalue weighted by Gasteiger charge is 2.25. The van der Waals surface area contributed by atoms with Gasteiger partial charge in [-0.2, -0.15) is 0 Å². The monoisotopic (exact) mass is 1030 g/mol. The predicted octanol–water partition coefficient (Wildman–Crippen LogP) is 24.5. The number of hydrogen-bond acceptors (Lipinski definition) is 2. The molecule has 0 aliphatic rings. The fraction of sp³-hybridized carbons (Fsp3) is 0.986. The second-order valence-corrected chi connectivity index (χ2v) is 27.2. The quantitative estimate of drug-likeness (QED) is 0.0346. The van der Waals surface area contributed by atoms with Crippen LogP contribution in [0.5, 0.6) is 0 Å². The topological polar surface area (TPSA) is 39.9 Å². The number of rotatable bonds is 61. The summed E-state index contributed by atoms with van der Waals surface area (Å²) in [5, 5.41) is 0. The highest BCUT2D eigenvalue weighted by atomic mass is 16.5. The minimum atomic E-state index is 0.374. The Hall–Kier alpha value is -0.410. The smallest absolute Gasteiger partial charge is 0.281 e. The molecule has 3 atom stereocenters. The lowest BCUT2D eigenvalue weighted by Gasteiger charge is -2.31. The van der Waals surface area contributed by atoms with E-state index in [4.69, 9.17) is 14.3 Å². The number of ether oxygens (including phenoxy) is 2. The van der Waals surface area contributed by atoms with Crippen molar-refractivity contribution >= 4 is 6.29 Å². The summed E-state index contributed by atoms with van der Waals surface area (Å²) in [6.45, 7) is 22.4. The zero-order valence-corrected chi connectivity index (χ0v) is 52.2. The molecule has 0 aliphatic heterocycles. The molecular formula is C70H141O3+. The molecule has 3 heteroatoms. The molecular weight excluding hydrogens is 889 g/mol. The molecule has 0 spiro atoms. The van der Waals surface area contributed by atoms with E-state index >= 15 is 0 Å². The number of carbonyl (C=O) groups excluding carboxylic acids is 1. The second kappa shape index (κ2) is 56.3. The van der Waals surface area contributed by atoms with Crippen LogP contribution in [0.2, 0.25) is 0 Å². The second-order valence-electron chi connectivity index (χ2n) is 27.2. The average Bonchev–Trinajstić information content (AvgIpc) is 3.33. The third-order valence-corrected chi connectivity index (χ3v) is 16.6. The minimum Gasteiger partial charge on any atom is -0.379 e. The van der Waals surface area contributed by atoms with Crippen molar-refractivity contribution in [1.82, 2.24) is 0 Å². The Labute approximate surface area is 462 Å². The fourth-order valence-corrected chi connectivity index (χ4v) is 12.2. The van der Waals surface area contributed by atoms with E-state index in [2.05, 4.69) is 55.4 Å². The molecule has 0 amide bonds. The van der Waals surface area contributed by atoms with E-state index in [9.17, 15) is 0 Å². The molecule has 0 aliphatic carbocycles. The maximum atomic E-state index is 8.72. The van der Waals surface area contributed by atoms with Gasteiger partial charge >= 0.3 is 0 Å². The van der Waals surface area contributed by atoms with Crippen LogP contribution >= 0.6 is 0 Å². The van der Waals surface area contributed by atoms with Crippen molar-refractivity contribution in [2.75, 3.05) is 26.4 Å². The summed E-state index contributed by atoms with van der Waals surface area (Å²) >= 11 is 0. The molecule has 0 aromatic carbocycles. The van der Waals surface area contributed by atoms with Gasteiger partial charge in [0.25, 0.3) is 6.29 Å². The van der Waals surface area contributed by atoms with Crippen molar-refractivity contribution < 1.29 is 14.3 Å². The number of aldehydes is 1. The molecule has 0 aromatic rings. The standard InChI is InChI=1S/C70H140O3/c1-66(63-69(3,4)5)57-58-68(67(2)64-70(6,7)8)65-73-62-61-72-60-56-54-52-50-48-46-44-42-40-38-36-34-32-30-28-26-24-22-20-18-16-14-12-10-9-11-13-15-17-19-21-23-25-27-29-31-33-35-37-39-41-43-45-47-49-51-53-55-59-71/h59,66-68H,9-58,60-65H2,1-8H3/p+1. The highest BCUT2D eigenvalue weighted by molar-refractivity contribution is 5.50. The lowest BCUT2D eigenvalue weighted by molar-refractivity contribution is 0.0172. The Morgan fingerprint density at radius 2 is 0.548 bits per heavy atom.